The van der Waals surface area contributed by atoms with Gasteiger partial charge < -0.3 is 20.0 Å². The zero-order chi connectivity index (χ0) is 31.0. The third-order valence-electron chi connectivity index (χ3n) is 7.15. The van der Waals surface area contributed by atoms with E-state index in [9.17, 15) is 19.2 Å². The van der Waals surface area contributed by atoms with Crippen molar-refractivity contribution in [2.45, 2.75) is 66.7 Å². The number of likely N-dealkylation sites (tertiary alicyclic amines) is 1. The molecule has 0 saturated carbocycles. The van der Waals surface area contributed by atoms with E-state index in [2.05, 4.69) is 43.8 Å². The summed E-state index contributed by atoms with van der Waals surface area (Å²) in [6.45, 7) is 23.7. The van der Waals surface area contributed by atoms with E-state index < -0.39 is 0 Å². The van der Waals surface area contributed by atoms with Crippen molar-refractivity contribution in [3.63, 3.8) is 0 Å². The summed E-state index contributed by atoms with van der Waals surface area (Å²) < 4.78 is 0. The number of piperidine rings is 1. The van der Waals surface area contributed by atoms with Gasteiger partial charge in [-0.05, 0) is 80.7 Å². The Kier molecular flexibility index (Phi) is 24.0. The zero-order valence-electron chi connectivity index (χ0n) is 27.5. The molecule has 0 atom stereocenters. The summed E-state index contributed by atoms with van der Waals surface area (Å²) in [6.07, 6.45) is 5.97. The number of carbonyl (C=O) groups is 4. The van der Waals surface area contributed by atoms with Crippen LogP contribution < -0.4 is 5.32 Å². The van der Waals surface area contributed by atoms with Gasteiger partial charge in [0.05, 0.1) is 19.6 Å². The van der Waals surface area contributed by atoms with Gasteiger partial charge in [-0.25, -0.2) is 0 Å². The summed E-state index contributed by atoms with van der Waals surface area (Å²) in [5.74, 6) is 1.05. The lowest BCUT2D eigenvalue weighted by Crippen LogP contribution is -2.47. The molecule has 3 rings (SSSR count). The number of piperazine rings is 2. The molecule has 0 radical (unpaired) electrons. The summed E-state index contributed by atoms with van der Waals surface area (Å²) >= 11 is 0. The van der Waals surface area contributed by atoms with Gasteiger partial charge in [0, 0.05) is 65.3 Å². The normalized spacial score (nSPS) is 19.0. The smallest absolute Gasteiger partial charge is 0.143 e. The predicted octanol–water partition coefficient (Wildman–Crippen LogP) is 1.67. The van der Waals surface area contributed by atoms with Crippen LogP contribution in [0, 0.1) is 0 Å². The third-order valence-corrected chi connectivity index (χ3v) is 7.15. The Morgan fingerprint density at radius 3 is 1.37 bits per heavy atom. The Balaban J connectivity index is 0.000000536. The molecule has 0 bridgehead atoms. The molecule has 0 unspecified atom stereocenters. The molecule has 1 N–H and O–H groups in total. The zero-order valence-corrected chi connectivity index (χ0v) is 27.5. The van der Waals surface area contributed by atoms with Gasteiger partial charge >= 0.3 is 0 Å². The molecule has 3 heterocycles. The third kappa shape index (κ3) is 24.7. The van der Waals surface area contributed by atoms with Crippen LogP contribution in [0.3, 0.4) is 0 Å². The van der Waals surface area contributed by atoms with E-state index in [4.69, 9.17) is 0 Å². The number of hydrogen-bond acceptors (Lipinski definition) is 10. The molecule has 0 aliphatic carbocycles. The van der Waals surface area contributed by atoms with Crippen LogP contribution in [0.4, 0.5) is 0 Å². The minimum absolute atomic E-state index is 0.178. The monoisotopic (exact) mass is 582 g/mol. The Morgan fingerprint density at radius 1 is 0.561 bits per heavy atom. The largest absolute Gasteiger partial charge is 0.313 e. The molecule has 3 aliphatic heterocycles. The number of ketones is 4. The Morgan fingerprint density at radius 2 is 1.00 bits per heavy atom. The van der Waals surface area contributed by atoms with Gasteiger partial charge in [-0.1, -0.05) is 13.3 Å². The molecule has 0 aromatic carbocycles. The lowest BCUT2D eigenvalue weighted by atomic mass is 10.1. The maximum Gasteiger partial charge on any atom is 0.143 e. The van der Waals surface area contributed by atoms with Gasteiger partial charge in [-0.2, -0.15) is 0 Å². The first-order valence-electron chi connectivity index (χ1n) is 15.7. The molecule has 240 valence electrons. The Bertz CT molecular complexity index is 713. The maximum absolute atomic E-state index is 10.9. The minimum Gasteiger partial charge on any atom is -0.313 e. The van der Waals surface area contributed by atoms with Gasteiger partial charge in [-0.3, -0.25) is 29.0 Å². The van der Waals surface area contributed by atoms with Crippen molar-refractivity contribution < 1.29 is 19.2 Å². The van der Waals surface area contributed by atoms with E-state index in [0.29, 0.717) is 25.4 Å². The molecule has 41 heavy (non-hydrogen) atoms. The SMILES string of the molecule is CC(=O)CCN1CCCCC1.CC(=O)CN1CCN(C)CC1.CCCN1CCN(CC(C)=O)CC1.CNCC(C)=O. The molecule has 0 spiro atoms. The highest BCUT2D eigenvalue weighted by molar-refractivity contribution is 5.78. The summed E-state index contributed by atoms with van der Waals surface area (Å²) in [5.41, 5.74) is 0. The molecule has 0 aromatic heterocycles. The maximum atomic E-state index is 10.9. The molecule has 3 fully saturated rings. The van der Waals surface area contributed by atoms with Crippen LogP contribution in [0.2, 0.25) is 0 Å². The minimum atomic E-state index is 0.178. The summed E-state index contributed by atoms with van der Waals surface area (Å²) in [6, 6.07) is 0. The first kappa shape index (κ1) is 39.4. The van der Waals surface area contributed by atoms with Gasteiger partial charge in [0.1, 0.15) is 23.1 Å². The van der Waals surface area contributed by atoms with E-state index >= 15 is 0 Å². The van der Waals surface area contributed by atoms with Crippen LogP contribution in [0.15, 0.2) is 0 Å². The van der Waals surface area contributed by atoms with E-state index in [1.807, 2.05) is 0 Å². The number of likely N-dealkylation sites (N-methyl/N-ethyl adjacent to an activating group) is 2. The van der Waals surface area contributed by atoms with Crippen molar-refractivity contribution >= 4 is 23.1 Å². The van der Waals surface area contributed by atoms with Crippen LogP contribution in [-0.4, -0.2) is 160 Å². The molecule has 10 nitrogen and oxygen atoms in total. The fraction of sp³-hybridized carbons (Fsp3) is 0.871. The van der Waals surface area contributed by atoms with Crippen LogP contribution in [-0.2, 0) is 19.2 Å². The predicted molar refractivity (Wildman–Crippen MR) is 169 cm³/mol. The fourth-order valence-corrected chi connectivity index (χ4v) is 4.87. The average molecular weight is 583 g/mol. The summed E-state index contributed by atoms with van der Waals surface area (Å²) in [4.78, 5) is 53.8. The van der Waals surface area contributed by atoms with Crippen LogP contribution in [0.1, 0.15) is 66.7 Å². The second kappa shape index (κ2) is 25.0. The van der Waals surface area contributed by atoms with Crippen molar-refractivity contribution in [2.24, 2.45) is 0 Å². The van der Waals surface area contributed by atoms with Crippen LogP contribution in [0.25, 0.3) is 0 Å². The number of hydrogen-bond donors (Lipinski definition) is 1. The molecule has 0 aromatic rings. The highest BCUT2D eigenvalue weighted by Gasteiger charge is 2.16. The number of carbonyl (C=O) groups excluding carboxylic acids is 4. The summed E-state index contributed by atoms with van der Waals surface area (Å²) in [5, 5.41) is 2.72. The van der Waals surface area contributed by atoms with Gasteiger partial charge in [0.2, 0.25) is 0 Å². The second-order valence-electron chi connectivity index (χ2n) is 11.7. The molecular weight excluding hydrogens is 520 g/mol. The van der Waals surface area contributed by atoms with Crippen molar-refractivity contribution in [1.29, 1.82) is 0 Å². The lowest BCUT2D eigenvalue weighted by Gasteiger charge is -2.33. The van der Waals surface area contributed by atoms with Gasteiger partial charge in [0.15, 0.2) is 0 Å². The Hall–Kier alpha value is -1.56. The molecular formula is C31H62N6O4. The molecule has 10 heteroatoms. The van der Waals surface area contributed by atoms with E-state index in [-0.39, 0.29) is 17.3 Å². The van der Waals surface area contributed by atoms with Crippen LogP contribution in [0.5, 0.6) is 0 Å². The van der Waals surface area contributed by atoms with Crippen LogP contribution >= 0.6 is 0 Å². The van der Waals surface area contributed by atoms with Crippen molar-refractivity contribution in [3.05, 3.63) is 0 Å². The quantitative estimate of drug-likeness (QED) is 0.388. The van der Waals surface area contributed by atoms with Gasteiger partial charge in [0.25, 0.3) is 0 Å². The number of nitrogens with zero attached hydrogens (tertiary/aromatic N) is 5. The second-order valence-corrected chi connectivity index (χ2v) is 11.7. The first-order chi connectivity index (χ1) is 19.5. The first-order valence-corrected chi connectivity index (χ1v) is 15.7. The topological polar surface area (TPSA) is 96.5 Å². The Labute approximate surface area is 251 Å². The highest BCUT2D eigenvalue weighted by atomic mass is 16.1. The summed E-state index contributed by atoms with van der Waals surface area (Å²) in [7, 11) is 3.87. The lowest BCUT2D eigenvalue weighted by molar-refractivity contribution is -0.119. The van der Waals surface area contributed by atoms with Crippen molar-refractivity contribution in [3.8, 4) is 0 Å². The number of Topliss-reactive ketones (excluding diaryl/α,β-unsaturated/α-hetero) is 4. The average Bonchev–Trinajstić information content (AvgIpc) is 2.91. The van der Waals surface area contributed by atoms with E-state index in [0.717, 1.165) is 65.3 Å². The van der Waals surface area contributed by atoms with Crippen molar-refractivity contribution in [1.82, 2.24) is 29.8 Å². The highest BCUT2D eigenvalue weighted by Crippen LogP contribution is 2.08. The standard InChI is InChI=1S/C10H20N2O.C9H17NO.C8H16N2O.C4H9NO/c1-3-4-11-5-7-12(8-6-11)9-10(2)13;1-9(11)5-8-10-6-3-2-4-7-10;1-8(11)7-10-5-3-9(2)4-6-10;1-4(6)3-5-2/h3-9H2,1-2H3;2-8H2,1H3;3-7H2,1-2H3;5H,3H2,1-2H3. The number of rotatable bonds is 11. The van der Waals surface area contributed by atoms with E-state index in [1.54, 1.807) is 34.7 Å². The molecule has 3 aliphatic rings. The molecule has 3 saturated heterocycles. The van der Waals surface area contributed by atoms with Crippen molar-refractivity contribution in [2.75, 3.05) is 112 Å². The fourth-order valence-electron chi connectivity index (χ4n) is 4.87. The molecule has 0 amide bonds. The van der Waals surface area contributed by atoms with Gasteiger partial charge in [-0.15, -0.1) is 0 Å². The number of nitrogens with one attached hydrogen (secondary N) is 1. The van der Waals surface area contributed by atoms with E-state index in [1.165, 1.54) is 45.3 Å².